The van der Waals surface area contributed by atoms with Crippen molar-refractivity contribution in [3.8, 4) is 0 Å². The molecule has 126 valence electrons. The molecule has 1 amide bonds. The van der Waals surface area contributed by atoms with E-state index < -0.39 is 32.6 Å². The first kappa shape index (κ1) is 16.7. The SMILES string of the molecule is O=C(NCC1CC1)[C@H]1CSCN1S(=O)(=O)c1cc(F)cc(F)c1. The zero-order chi connectivity index (χ0) is 16.6. The molecular formula is C14H16F2N2O3S2. The molecule has 0 bridgehead atoms. The van der Waals surface area contributed by atoms with Crippen molar-refractivity contribution in [2.24, 2.45) is 5.92 Å². The van der Waals surface area contributed by atoms with Gasteiger partial charge in [0.15, 0.2) is 0 Å². The molecule has 0 spiro atoms. The minimum absolute atomic E-state index is 0.0853. The molecule has 9 heteroatoms. The van der Waals surface area contributed by atoms with Crippen LogP contribution in [0.3, 0.4) is 0 Å². The van der Waals surface area contributed by atoms with E-state index in [-0.39, 0.29) is 11.8 Å². The molecule has 5 nitrogen and oxygen atoms in total. The summed E-state index contributed by atoms with van der Waals surface area (Å²) in [5, 5.41) is 2.76. The normalized spacial score (nSPS) is 22.3. The van der Waals surface area contributed by atoms with Crippen LogP contribution in [0.1, 0.15) is 12.8 Å². The van der Waals surface area contributed by atoms with Crippen LogP contribution in [0.15, 0.2) is 23.1 Å². The second-order valence-corrected chi connectivity index (χ2v) is 8.59. The van der Waals surface area contributed by atoms with Crippen LogP contribution in [-0.2, 0) is 14.8 Å². The van der Waals surface area contributed by atoms with Crippen LogP contribution in [0.5, 0.6) is 0 Å². The summed E-state index contributed by atoms with van der Waals surface area (Å²) in [6, 6.07) is 1.29. The van der Waals surface area contributed by atoms with Gasteiger partial charge in [0.05, 0.1) is 10.8 Å². The highest BCUT2D eigenvalue weighted by atomic mass is 32.2. The third-order valence-electron chi connectivity index (χ3n) is 3.85. The number of nitrogens with zero attached hydrogens (tertiary/aromatic N) is 1. The van der Waals surface area contributed by atoms with E-state index >= 15 is 0 Å². The molecule has 1 saturated heterocycles. The fourth-order valence-corrected chi connectivity index (χ4v) is 5.56. The van der Waals surface area contributed by atoms with Gasteiger partial charge in [-0.1, -0.05) is 0 Å². The van der Waals surface area contributed by atoms with Crippen molar-refractivity contribution in [2.45, 2.75) is 23.8 Å². The molecule has 0 unspecified atom stereocenters. The zero-order valence-electron chi connectivity index (χ0n) is 12.2. The number of thioether (sulfide) groups is 1. The van der Waals surface area contributed by atoms with Gasteiger partial charge in [-0.25, -0.2) is 17.2 Å². The third-order valence-corrected chi connectivity index (χ3v) is 6.86. The number of halogens is 2. The molecule has 2 fully saturated rings. The van der Waals surface area contributed by atoms with Crippen LogP contribution in [-0.4, -0.2) is 42.8 Å². The molecular weight excluding hydrogens is 346 g/mol. The Kier molecular flexibility index (Phi) is 4.61. The number of rotatable bonds is 5. The molecule has 2 aliphatic rings. The van der Waals surface area contributed by atoms with Gasteiger partial charge in [-0.15, -0.1) is 11.8 Å². The van der Waals surface area contributed by atoms with Gasteiger partial charge in [0.2, 0.25) is 15.9 Å². The minimum atomic E-state index is -4.13. The Morgan fingerprint density at radius 1 is 1.26 bits per heavy atom. The van der Waals surface area contributed by atoms with Gasteiger partial charge in [0.25, 0.3) is 0 Å². The second kappa shape index (κ2) is 6.37. The number of hydrogen-bond donors (Lipinski definition) is 1. The van der Waals surface area contributed by atoms with Crippen molar-refractivity contribution in [2.75, 3.05) is 18.2 Å². The van der Waals surface area contributed by atoms with Crippen LogP contribution in [0.25, 0.3) is 0 Å². The fraction of sp³-hybridized carbons (Fsp3) is 0.500. The van der Waals surface area contributed by atoms with Crippen LogP contribution >= 0.6 is 11.8 Å². The number of carbonyl (C=O) groups excluding carboxylic acids is 1. The molecule has 1 aromatic rings. The monoisotopic (exact) mass is 362 g/mol. The van der Waals surface area contributed by atoms with E-state index in [0.717, 1.165) is 29.3 Å². The van der Waals surface area contributed by atoms with Crippen molar-refractivity contribution < 1.29 is 22.0 Å². The summed E-state index contributed by atoms with van der Waals surface area (Å²) in [6.07, 6.45) is 2.15. The van der Waals surface area contributed by atoms with E-state index in [1.54, 1.807) is 0 Å². The molecule has 23 heavy (non-hydrogen) atoms. The number of sulfonamides is 1. The first-order valence-corrected chi connectivity index (χ1v) is 9.81. The maximum atomic E-state index is 13.3. The summed E-state index contributed by atoms with van der Waals surface area (Å²) in [6.45, 7) is 0.544. The van der Waals surface area contributed by atoms with Crippen molar-refractivity contribution in [1.29, 1.82) is 0 Å². The van der Waals surface area contributed by atoms with Gasteiger partial charge in [0.1, 0.15) is 17.7 Å². The average molecular weight is 362 g/mol. The van der Waals surface area contributed by atoms with E-state index in [1.165, 1.54) is 11.8 Å². The molecule has 1 N–H and O–H groups in total. The Morgan fingerprint density at radius 2 is 1.91 bits per heavy atom. The predicted octanol–water partition coefficient (Wildman–Crippen LogP) is 1.55. The van der Waals surface area contributed by atoms with Gasteiger partial charge >= 0.3 is 0 Å². The van der Waals surface area contributed by atoms with E-state index in [0.29, 0.717) is 24.3 Å². The highest BCUT2D eigenvalue weighted by Crippen LogP contribution is 2.30. The van der Waals surface area contributed by atoms with Gasteiger partial charge in [0, 0.05) is 18.4 Å². The Bertz CT molecular complexity index is 702. The minimum Gasteiger partial charge on any atom is -0.354 e. The quantitative estimate of drug-likeness (QED) is 0.863. The number of nitrogens with one attached hydrogen (secondary N) is 1. The highest BCUT2D eigenvalue weighted by Gasteiger charge is 2.40. The first-order chi connectivity index (χ1) is 10.9. The molecule has 1 aliphatic heterocycles. The Hall–Kier alpha value is -1.19. The molecule has 0 radical (unpaired) electrons. The van der Waals surface area contributed by atoms with Crippen LogP contribution < -0.4 is 5.32 Å². The van der Waals surface area contributed by atoms with Crippen LogP contribution in [0.4, 0.5) is 8.78 Å². The lowest BCUT2D eigenvalue weighted by atomic mass is 10.3. The lowest BCUT2D eigenvalue weighted by Gasteiger charge is -2.22. The summed E-state index contributed by atoms with van der Waals surface area (Å²) in [4.78, 5) is 11.7. The molecule has 3 rings (SSSR count). The molecule has 1 saturated carbocycles. The second-order valence-electron chi connectivity index (χ2n) is 5.70. The average Bonchev–Trinajstić information content (AvgIpc) is 3.17. The van der Waals surface area contributed by atoms with Gasteiger partial charge in [-0.3, -0.25) is 4.79 Å². The van der Waals surface area contributed by atoms with Crippen LogP contribution in [0, 0.1) is 17.6 Å². The van der Waals surface area contributed by atoms with Crippen LogP contribution in [0.2, 0.25) is 0 Å². The number of benzene rings is 1. The Labute approximate surface area is 137 Å². The largest absolute Gasteiger partial charge is 0.354 e. The third kappa shape index (κ3) is 3.67. The topological polar surface area (TPSA) is 66.5 Å². The van der Waals surface area contributed by atoms with Gasteiger partial charge < -0.3 is 5.32 Å². The summed E-state index contributed by atoms with van der Waals surface area (Å²) < 4.78 is 52.8. The van der Waals surface area contributed by atoms with Crippen molar-refractivity contribution in [3.05, 3.63) is 29.8 Å². The van der Waals surface area contributed by atoms with E-state index in [1.807, 2.05) is 0 Å². The summed E-state index contributed by atoms with van der Waals surface area (Å²) in [5.74, 6) is -1.40. The number of hydrogen-bond acceptors (Lipinski definition) is 4. The molecule has 0 aromatic heterocycles. The lowest BCUT2D eigenvalue weighted by molar-refractivity contribution is -0.123. The van der Waals surface area contributed by atoms with E-state index in [2.05, 4.69) is 5.32 Å². The maximum absolute atomic E-state index is 13.3. The van der Waals surface area contributed by atoms with Gasteiger partial charge in [-0.2, -0.15) is 4.31 Å². The molecule has 1 heterocycles. The van der Waals surface area contributed by atoms with Crippen molar-refractivity contribution >= 4 is 27.7 Å². The smallest absolute Gasteiger partial charge is 0.244 e. The number of carbonyl (C=O) groups is 1. The Balaban J connectivity index is 1.80. The standard InChI is InChI=1S/C14H16F2N2O3S2/c15-10-3-11(16)5-12(4-10)23(20,21)18-8-22-7-13(18)14(19)17-6-9-1-2-9/h3-5,9,13H,1-2,6-8H2,(H,17,19)/t13-/m1/s1. The Morgan fingerprint density at radius 3 is 2.52 bits per heavy atom. The maximum Gasteiger partial charge on any atom is 0.244 e. The predicted molar refractivity (Wildman–Crippen MR) is 82.2 cm³/mol. The molecule has 1 aliphatic carbocycles. The van der Waals surface area contributed by atoms with Crippen molar-refractivity contribution in [3.63, 3.8) is 0 Å². The van der Waals surface area contributed by atoms with Gasteiger partial charge in [-0.05, 0) is 30.9 Å². The fourth-order valence-electron chi connectivity index (χ4n) is 2.37. The number of amides is 1. The van der Waals surface area contributed by atoms with Crippen molar-refractivity contribution in [1.82, 2.24) is 9.62 Å². The lowest BCUT2D eigenvalue weighted by Crippen LogP contribution is -2.47. The molecule has 1 atom stereocenters. The first-order valence-electron chi connectivity index (χ1n) is 7.21. The zero-order valence-corrected chi connectivity index (χ0v) is 13.8. The van der Waals surface area contributed by atoms with E-state index in [9.17, 15) is 22.0 Å². The van der Waals surface area contributed by atoms with E-state index in [4.69, 9.17) is 0 Å². The highest BCUT2D eigenvalue weighted by molar-refractivity contribution is 8.00. The summed E-state index contributed by atoms with van der Waals surface area (Å²) in [7, 11) is -4.13. The molecule has 1 aromatic carbocycles. The summed E-state index contributed by atoms with van der Waals surface area (Å²) in [5.41, 5.74) is 0. The summed E-state index contributed by atoms with van der Waals surface area (Å²) >= 11 is 1.30.